The van der Waals surface area contributed by atoms with Gasteiger partial charge in [-0.3, -0.25) is 4.68 Å². The lowest BCUT2D eigenvalue weighted by Crippen LogP contribution is -2.17. The average molecular weight is 326 g/mol. The van der Waals surface area contributed by atoms with Crippen molar-refractivity contribution in [3.05, 3.63) is 52.0 Å². The van der Waals surface area contributed by atoms with Crippen LogP contribution >= 0.6 is 15.9 Å². The molecule has 1 heterocycles. The smallest absolute Gasteiger partial charge is 0.127 e. The summed E-state index contributed by atoms with van der Waals surface area (Å²) in [6.07, 6.45) is 2.85. The maximum absolute atomic E-state index is 13.6. The molecule has 5 heteroatoms. The molecule has 0 atom stereocenters. The Morgan fingerprint density at radius 2 is 2.16 bits per heavy atom. The molecule has 1 aromatic heterocycles. The van der Waals surface area contributed by atoms with Gasteiger partial charge >= 0.3 is 0 Å². The van der Waals surface area contributed by atoms with E-state index in [0.29, 0.717) is 18.7 Å². The summed E-state index contributed by atoms with van der Waals surface area (Å²) in [7, 11) is 0. The average Bonchev–Trinajstić information content (AvgIpc) is 2.82. The van der Waals surface area contributed by atoms with Gasteiger partial charge in [-0.15, -0.1) is 0 Å². The number of nitrogens with one attached hydrogen (secondary N) is 1. The van der Waals surface area contributed by atoms with Gasteiger partial charge in [-0.25, -0.2) is 4.39 Å². The molecule has 0 saturated heterocycles. The SMILES string of the molecule is CCCn1nccc1CNCc1cc(Br)ccc1F. The van der Waals surface area contributed by atoms with E-state index in [1.807, 2.05) is 10.7 Å². The number of hydrogen-bond acceptors (Lipinski definition) is 2. The van der Waals surface area contributed by atoms with Crippen LogP contribution in [-0.2, 0) is 19.6 Å². The van der Waals surface area contributed by atoms with E-state index in [4.69, 9.17) is 0 Å². The van der Waals surface area contributed by atoms with E-state index in [1.165, 1.54) is 6.07 Å². The molecule has 0 amide bonds. The number of aromatic nitrogens is 2. The predicted octanol–water partition coefficient (Wildman–Crippen LogP) is 3.48. The van der Waals surface area contributed by atoms with Gasteiger partial charge in [0.1, 0.15) is 5.82 Å². The first-order valence-electron chi connectivity index (χ1n) is 6.36. The summed E-state index contributed by atoms with van der Waals surface area (Å²) in [6.45, 7) is 4.22. The molecule has 0 bridgehead atoms. The first-order valence-corrected chi connectivity index (χ1v) is 7.15. The van der Waals surface area contributed by atoms with Crippen molar-refractivity contribution in [3.8, 4) is 0 Å². The lowest BCUT2D eigenvalue weighted by molar-refractivity contribution is 0.541. The molecule has 0 radical (unpaired) electrons. The molecule has 3 nitrogen and oxygen atoms in total. The maximum Gasteiger partial charge on any atom is 0.127 e. The highest BCUT2D eigenvalue weighted by molar-refractivity contribution is 9.10. The number of nitrogens with zero attached hydrogens (tertiary/aromatic N) is 2. The van der Waals surface area contributed by atoms with Crippen molar-refractivity contribution in [1.29, 1.82) is 0 Å². The van der Waals surface area contributed by atoms with Crippen LogP contribution in [0.5, 0.6) is 0 Å². The van der Waals surface area contributed by atoms with Gasteiger partial charge < -0.3 is 5.32 Å². The van der Waals surface area contributed by atoms with E-state index >= 15 is 0 Å². The molecule has 0 unspecified atom stereocenters. The van der Waals surface area contributed by atoms with Crippen LogP contribution in [-0.4, -0.2) is 9.78 Å². The summed E-state index contributed by atoms with van der Waals surface area (Å²) in [5.74, 6) is -0.183. The molecule has 2 aromatic rings. The summed E-state index contributed by atoms with van der Waals surface area (Å²) < 4.78 is 16.4. The van der Waals surface area contributed by atoms with Crippen molar-refractivity contribution in [2.24, 2.45) is 0 Å². The molecule has 1 N–H and O–H groups in total. The maximum atomic E-state index is 13.6. The van der Waals surface area contributed by atoms with Crippen LogP contribution in [0.4, 0.5) is 4.39 Å². The van der Waals surface area contributed by atoms with Crippen LogP contribution in [0.2, 0.25) is 0 Å². The van der Waals surface area contributed by atoms with Crippen LogP contribution < -0.4 is 5.32 Å². The molecular weight excluding hydrogens is 309 g/mol. The highest BCUT2D eigenvalue weighted by atomic mass is 79.9. The van der Waals surface area contributed by atoms with Crippen LogP contribution in [0.3, 0.4) is 0 Å². The fourth-order valence-electron chi connectivity index (χ4n) is 1.93. The fourth-order valence-corrected chi connectivity index (χ4v) is 2.34. The second-order valence-electron chi connectivity index (χ2n) is 4.38. The second-order valence-corrected chi connectivity index (χ2v) is 5.30. The van der Waals surface area contributed by atoms with E-state index in [-0.39, 0.29) is 5.82 Å². The van der Waals surface area contributed by atoms with E-state index in [2.05, 4.69) is 33.3 Å². The molecular formula is C14H17BrFN3. The Morgan fingerprint density at radius 3 is 2.95 bits per heavy atom. The molecule has 1 aromatic carbocycles. The number of halogens is 2. The van der Waals surface area contributed by atoms with Crippen molar-refractivity contribution >= 4 is 15.9 Å². The summed E-state index contributed by atoms with van der Waals surface area (Å²) in [5.41, 5.74) is 1.79. The number of benzene rings is 1. The normalized spacial score (nSPS) is 10.9. The monoisotopic (exact) mass is 325 g/mol. The fraction of sp³-hybridized carbons (Fsp3) is 0.357. The lowest BCUT2D eigenvalue weighted by atomic mass is 10.2. The zero-order valence-corrected chi connectivity index (χ0v) is 12.5. The van der Waals surface area contributed by atoms with Gasteiger partial charge in [-0.05, 0) is 30.7 Å². The van der Waals surface area contributed by atoms with E-state index in [1.54, 1.807) is 18.3 Å². The molecule has 19 heavy (non-hydrogen) atoms. The van der Waals surface area contributed by atoms with Gasteiger partial charge in [0.2, 0.25) is 0 Å². The molecule has 0 aliphatic heterocycles. The minimum absolute atomic E-state index is 0.183. The van der Waals surface area contributed by atoms with Gasteiger partial charge in [-0.2, -0.15) is 5.10 Å². The third kappa shape index (κ3) is 3.88. The zero-order chi connectivity index (χ0) is 13.7. The summed E-state index contributed by atoms with van der Waals surface area (Å²) in [5, 5.41) is 7.51. The molecule has 102 valence electrons. The largest absolute Gasteiger partial charge is 0.307 e. The summed E-state index contributed by atoms with van der Waals surface area (Å²) in [4.78, 5) is 0. The Kier molecular flexibility index (Phi) is 5.10. The highest BCUT2D eigenvalue weighted by Crippen LogP contribution is 2.15. The minimum Gasteiger partial charge on any atom is -0.307 e. The molecule has 0 spiro atoms. The van der Waals surface area contributed by atoms with Crippen molar-refractivity contribution in [3.63, 3.8) is 0 Å². The first kappa shape index (κ1) is 14.2. The van der Waals surface area contributed by atoms with Crippen molar-refractivity contribution in [2.75, 3.05) is 0 Å². The third-order valence-corrected chi connectivity index (χ3v) is 3.36. The third-order valence-electron chi connectivity index (χ3n) is 2.87. The Bertz CT molecular complexity index is 539. The molecule has 0 aliphatic rings. The van der Waals surface area contributed by atoms with Crippen molar-refractivity contribution in [2.45, 2.75) is 33.0 Å². The van der Waals surface area contributed by atoms with Gasteiger partial charge in [0, 0.05) is 35.9 Å². The van der Waals surface area contributed by atoms with Gasteiger partial charge in [0.25, 0.3) is 0 Å². The van der Waals surface area contributed by atoms with Crippen molar-refractivity contribution < 1.29 is 4.39 Å². The Labute approximate surface area is 121 Å². The quantitative estimate of drug-likeness (QED) is 0.881. The highest BCUT2D eigenvalue weighted by Gasteiger charge is 2.04. The van der Waals surface area contributed by atoms with Crippen LogP contribution in [0, 0.1) is 5.82 Å². The van der Waals surface area contributed by atoms with Crippen LogP contribution in [0.1, 0.15) is 24.6 Å². The van der Waals surface area contributed by atoms with E-state index < -0.39 is 0 Å². The zero-order valence-electron chi connectivity index (χ0n) is 10.9. The van der Waals surface area contributed by atoms with Gasteiger partial charge in [0.15, 0.2) is 0 Å². The van der Waals surface area contributed by atoms with Crippen LogP contribution in [0.25, 0.3) is 0 Å². The van der Waals surface area contributed by atoms with E-state index in [9.17, 15) is 4.39 Å². The summed E-state index contributed by atoms with van der Waals surface area (Å²) in [6, 6.07) is 6.96. The molecule has 0 saturated carbocycles. The van der Waals surface area contributed by atoms with Gasteiger partial charge in [0.05, 0.1) is 5.69 Å². The Balaban J connectivity index is 1.92. The molecule has 0 fully saturated rings. The number of hydrogen-bond donors (Lipinski definition) is 1. The topological polar surface area (TPSA) is 29.9 Å². The van der Waals surface area contributed by atoms with Crippen molar-refractivity contribution in [1.82, 2.24) is 15.1 Å². The lowest BCUT2D eigenvalue weighted by Gasteiger charge is -2.08. The minimum atomic E-state index is -0.183. The van der Waals surface area contributed by atoms with E-state index in [0.717, 1.165) is 23.1 Å². The van der Waals surface area contributed by atoms with Crippen LogP contribution in [0.15, 0.2) is 34.9 Å². The summed E-state index contributed by atoms with van der Waals surface area (Å²) >= 11 is 3.35. The first-order chi connectivity index (χ1) is 9.20. The van der Waals surface area contributed by atoms with Gasteiger partial charge in [-0.1, -0.05) is 22.9 Å². The Morgan fingerprint density at radius 1 is 1.32 bits per heavy atom. The standard InChI is InChI=1S/C14H17BrFN3/c1-2-7-19-13(5-6-18-19)10-17-9-11-8-12(15)3-4-14(11)16/h3-6,8,17H,2,7,9-10H2,1H3. The second kappa shape index (κ2) is 6.82. The number of aryl methyl sites for hydroxylation is 1. The number of rotatable bonds is 6. The predicted molar refractivity (Wildman–Crippen MR) is 77.2 cm³/mol. The Hall–Kier alpha value is -1.20. The molecule has 2 rings (SSSR count). The molecule has 0 aliphatic carbocycles.